The van der Waals surface area contributed by atoms with E-state index in [9.17, 15) is 0 Å². The summed E-state index contributed by atoms with van der Waals surface area (Å²) in [7, 11) is 0. The van der Waals surface area contributed by atoms with Gasteiger partial charge in [0.1, 0.15) is 12.4 Å². The topological polar surface area (TPSA) is 41.5 Å². The van der Waals surface area contributed by atoms with Gasteiger partial charge in [0.15, 0.2) is 0 Å². The molecule has 0 aliphatic heterocycles. The molecular weight excluding hydrogens is 190 g/mol. The van der Waals surface area contributed by atoms with E-state index in [2.05, 4.69) is 5.32 Å². The van der Waals surface area contributed by atoms with Crippen LogP contribution in [0.2, 0.25) is 0 Å². The molecule has 0 unspecified atom stereocenters. The second kappa shape index (κ2) is 6.43. The molecule has 0 amide bonds. The van der Waals surface area contributed by atoms with Crippen LogP contribution in [0.25, 0.3) is 0 Å². The maximum Gasteiger partial charge on any atom is 0.122 e. The van der Waals surface area contributed by atoms with Crippen molar-refractivity contribution in [1.29, 1.82) is 0 Å². The number of hydrogen-bond acceptors (Lipinski definition) is 3. The minimum atomic E-state index is -0.302. The van der Waals surface area contributed by atoms with Crippen molar-refractivity contribution >= 4 is 0 Å². The zero-order chi connectivity index (χ0) is 11.1. The van der Waals surface area contributed by atoms with E-state index in [1.807, 2.05) is 31.2 Å². The Labute approximate surface area is 91.1 Å². The summed E-state index contributed by atoms with van der Waals surface area (Å²) in [6.07, 6.45) is -0.302. The van der Waals surface area contributed by atoms with E-state index >= 15 is 0 Å². The zero-order valence-corrected chi connectivity index (χ0v) is 9.36. The fraction of sp³-hybridized carbons (Fsp3) is 0.500. The molecule has 0 fully saturated rings. The molecule has 1 aromatic carbocycles. The minimum Gasteiger partial charge on any atom is -0.492 e. The number of para-hydroxylation sites is 1. The smallest absolute Gasteiger partial charge is 0.122 e. The molecular formula is C12H19NO2. The van der Waals surface area contributed by atoms with Crippen molar-refractivity contribution in [2.75, 3.05) is 19.7 Å². The summed E-state index contributed by atoms with van der Waals surface area (Å²) in [5.74, 6) is 0.927. The van der Waals surface area contributed by atoms with Gasteiger partial charge in [0, 0.05) is 13.1 Å². The molecule has 0 heterocycles. The highest BCUT2D eigenvalue weighted by molar-refractivity contribution is 5.31. The molecule has 15 heavy (non-hydrogen) atoms. The highest BCUT2D eigenvalue weighted by Crippen LogP contribution is 2.15. The van der Waals surface area contributed by atoms with Crippen molar-refractivity contribution in [3.05, 3.63) is 29.8 Å². The zero-order valence-electron chi connectivity index (χ0n) is 9.36. The molecule has 0 bridgehead atoms. The van der Waals surface area contributed by atoms with Gasteiger partial charge < -0.3 is 15.2 Å². The lowest BCUT2D eigenvalue weighted by Gasteiger charge is -2.10. The normalized spacial score (nSPS) is 12.5. The Morgan fingerprint density at radius 1 is 1.40 bits per heavy atom. The van der Waals surface area contributed by atoms with Crippen molar-refractivity contribution < 1.29 is 9.84 Å². The van der Waals surface area contributed by atoms with Gasteiger partial charge in [0.05, 0.1) is 6.10 Å². The molecule has 0 aromatic heterocycles. The van der Waals surface area contributed by atoms with Crippen LogP contribution in [-0.2, 0) is 0 Å². The summed E-state index contributed by atoms with van der Waals surface area (Å²) in [5.41, 5.74) is 1.15. The van der Waals surface area contributed by atoms with Gasteiger partial charge in [-0.2, -0.15) is 0 Å². The number of aryl methyl sites for hydroxylation is 1. The average molecular weight is 209 g/mol. The van der Waals surface area contributed by atoms with Crippen molar-refractivity contribution in [1.82, 2.24) is 5.32 Å². The number of rotatable bonds is 6. The second-order valence-electron chi connectivity index (χ2n) is 3.67. The third-order valence-electron chi connectivity index (χ3n) is 2.07. The van der Waals surface area contributed by atoms with Crippen LogP contribution in [-0.4, -0.2) is 30.9 Å². The van der Waals surface area contributed by atoms with Gasteiger partial charge in [-0.25, -0.2) is 0 Å². The summed E-state index contributed by atoms with van der Waals surface area (Å²) >= 11 is 0. The predicted molar refractivity (Wildman–Crippen MR) is 61.2 cm³/mol. The molecule has 0 spiro atoms. The van der Waals surface area contributed by atoms with E-state index in [4.69, 9.17) is 9.84 Å². The number of ether oxygens (including phenoxy) is 1. The lowest BCUT2D eigenvalue weighted by molar-refractivity contribution is 0.188. The van der Waals surface area contributed by atoms with Crippen LogP contribution in [0.3, 0.4) is 0 Å². The van der Waals surface area contributed by atoms with Gasteiger partial charge in [-0.05, 0) is 25.5 Å². The van der Waals surface area contributed by atoms with Crippen molar-refractivity contribution in [2.45, 2.75) is 20.0 Å². The van der Waals surface area contributed by atoms with E-state index in [1.54, 1.807) is 6.92 Å². The quantitative estimate of drug-likeness (QED) is 0.695. The number of aliphatic hydroxyl groups excluding tert-OH is 1. The molecule has 0 saturated carbocycles. The van der Waals surface area contributed by atoms with Crippen LogP contribution in [0.5, 0.6) is 5.75 Å². The maximum absolute atomic E-state index is 9.01. The largest absolute Gasteiger partial charge is 0.492 e. The summed E-state index contributed by atoms with van der Waals surface area (Å²) in [4.78, 5) is 0. The van der Waals surface area contributed by atoms with E-state index in [1.165, 1.54) is 0 Å². The van der Waals surface area contributed by atoms with Crippen LogP contribution >= 0.6 is 0 Å². The Balaban J connectivity index is 2.18. The van der Waals surface area contributed by atoms with Gasteiger partial charge in [-0.1, -0.05) is 18.2 Å². The molecule has 1 rings (SSSR count). The van der Waals surface area contributed by atoms with E-state index in [0.717, 1.165) is 17.9 Å². The first-order chi connectivity index (χ1) is 7.20. The van der Waals surface area contributed by atoms with Crippen LogP contribution in [0, 0.1) is 6.92 Å². The Morgan fingerprint density at radius 3 is 2.80 bits per heavy atom. The highest BCUT2D eigenvalue weighted by Gasteiger charge is 1.97. The molecule has 2 N–H and O–H groups in total. The highest BCUT2D eigenvalue weighted by atomic mass is 16.5. The summed E-state index contributed by atoms with van der Waals surface area (Å²) in [5, 5.41) is 12.1. The third kappa shape index (κ3) is 4.81. The molecule has 0 aliphatic rings. The van der Waals surface area contributed by atoms with Crippen molar-refractivity contribution in [2.24, 2.45) is 0 Å². The van der Waals surface area contributed by atoms with E-state index in [-0.39, 0.29) is 6.10 Å². The van der Waals surface area contributed by atoms with Gasteiger partial charge in [0.2, 0.25) is 0 Å². The average Bonchev–Trinajstić information content (AvgIpc) is 2.20. The first kappa shape index (κ1) is 12.0. The van der Waals surface area contributed by atoms with Gasteiger partial charge >= 0.3 is 0 Å². The van der Waals surface area contributed by atoms with Crippen molar-refractivity contribution in [3.8, 4) is 5.75 Å². The van der Waals surface area contributed by atoms with E-state index in [0.29, 0.717) is 13.2 Å². The monoisotopic (exact) mass is 209 g/mol. The Kier molecular flexibility index (Phi) is 5.15. The Morgan fingerprint density at radius 2 is 2.13 bits per heavy atom. The van der Waals surface area contributed by atoms with Crippen molar-refractivity contribution in [3.63, 3.8) is 0 Å². The molecule has 0 saturated heterocycles. The van der Waals surface area contributed by atoms with Gasteiger partial charge in [-0.15, -0.1) is 0 Å². The number of hydrogen-bond donors (Lipinski definition) is 2. The molecule has 84 valence electrons. The summed E-state index contributed by atoms with van der Waals surface area (Å²) in [6.45, 7) is 5.77. The lowest BCUT2D eigenvalue weighted by atomic mass is 10.2. The molecule has 3 heteroatoms. The number of nitrogens with one attached hydrogen (secondary N) is 1. The maximum atomic E-state index is 9.01. The van der Waals surface area contributed by atoms with Gasteiger partial charge in [0.25, 0.3) is 0 Å². The summed E-state index contributed by atoms with van der Waals surface area (Å²) < 4.78 is 5.57. The van der Waals surface area contributed by atoms with Crippen LogP contribution in [0.4, 0.5) is 0 Å². The summed E-state index contributed by atoms with van der Waals surface area (Å²) in [6, 6.07) is 7.95. The lowest BCUT2D eigenvalue weighted by Crippen LogP contribution is -2.28. The van der Waals surface area contributed by atoms with Crippen LogP contribution in [0.15, 0.2) is 24.3 Å². The second-order valence-corrected chi connectivity index (χ2v) is 3.67. The molecule has 1 aromatic rings. The first-order valence-corrected chi connectivity index (χ1v) is 5.27. The van der Waals surface area contributed by atoms with Gasteiger partial charge in [-0.3, -0.25) is 0 Å². The van der Waals surface area contributed by atoms with E-state index < -0.39 is 0 Å². The fourth-order valence-electron chi connectivity index (χ4n) is 1.26. The van der Waals surface area contributed by atoms with Crippen LogP contribution < -0.4 is 10.1 Å². The number of aliphatic hydroxyl groups is 1. The standard InChI is InChI=1S/C12H19NO2/c1-10-5-3-4-6-12(10)15-8-7-13-9-11(2)14/h3-6,11,13-14H,7-9H2,1-2H3/t11-/m1/s1. The number of benzene rings is 1. The molecule has 3 nitrogen and oxygen atoms in total. The predicted octanol–water partition coefficient (Wildman–Crippen LogP) is 1.34. The first-order valence-electron chi connectivity index (χ1n) is 5.27. The molecule has 1 atom stereocenters. The minimum absolute atomic E-state index is 0.302. The Bertz CT molecular complexity index is 287. The SMILES string of the molecule is Cc1ccccc1OCCNC[C@@H](C)O. The molecule has 0 aliphatic carbocycles. The molecule has 0 radical (unpaired) electrons. The third-order valence-corrected chi connectivity index (χ3v) is 2.07. The van der Waals surface area contributed by atoms with Crippen LogP contribution in [0.1, 0.15) is 12.5 Å². The fourth-order valence-corrected chi connectivity index (χ4v) is 1.26. The Hall–Kier alpha value is -1.06.